The highest BCUT2D eigenvalue weighted by atomic mass is 35.5. The summed E-state index contributed by atoms with van der Waals surface area (Å²) in [4.78, 5) is 30.9. The lowest BCUT2D eigenvalue weighted by Crippen LogP contribution is -2.33. The van der Waals surface area contributed by atoms with Crippen LogP contribution in [-0.2, 0) is 9.59 Å². The first-order chi connectivity index (χ1) is 8.10. The number of nitrogens with zero attached hydrogens (tertiary/aromatic N) is 1. The molecule has 0 radical (unpaired) electrons. The molecule has 2 N–H and O–H groups in total. The summed E-state index contributed by atoms with van der Waals surface area (Å²) in [5.41, 5.74) is -0.148. The molecule has 7 nitrogen and oxygen atoms in total. The van der Waals surface area contributed by atoms with Crippen molar-refractivity contribution in [1.29, 1.82) is 0 Å². The fourth-order valence-corrected chi connectivity index (χ4v) is 1.47. The van der Waals surface area contributed by atoms with Gasteiger partial charge in [-0.3, -0.25) is 19.7 Å². The van der Waals surface area contributed by atoms with E-state index in [0.717, 1.165) is 0 Å². The number of carbonyl (C=O) groups is 2. The lowest BCUT2D eigenvalue weighted by atomic mass is 10.1. The van der Waals surface area contributed by atoms with Crippen molar-refractivity contribution in [2.75, 3.05) is 0 Å². The molecular formula is C9H8ClN3O4. The summed E-state index contributed by atoms with van der Waals surface area (Å²) in [5.74, 6) is 0. The maximum Gasteiger partial charge on any atom is 0.276 e. The van der Waals surface area contributed by atoms with E-state index < -0.39 is 11.1 Å². The molecule has 0 fully saturated rings. The van der Waals surface area contributed by atoms with Crippen LogP contribution < -0.4 is 10.6 Å². The van der Waals surface area contributed by atoms with E-state index in [-0.39, 0.29) is 16.3 Å². The summed E-state index contributed by atoms with van der Waals surface area (Å²) in [6.07, 6.45) is -0.346. The minimum Gasteiger partial charge on any atom is -0.334 e. The van der Waals surface area contributed by atoms with Crippen LogP contribution in [0.4, 0.5) is 5.69 Å². The summed E-state index contributed by atoms with van der Waals surface area (Å²) in [6, 6.07) is 3.85. The number of nitro groups is 1. The topological polar surface area (TPSA) is 101 Å². The molecule has 1 rings (SSSR count). The Bertz CT molecular complexity index is 442. The first-order valence-electron chi connectivity index (χ1n) is 4.43. The van der Waals surface area contributed by atoms with E-state index in [0.29, 0.717) is 12.8 Å². The van der Waals surface area contributed by atoms with Crippen LogP contribution in [0.25, 0.3) is 0 Å². The number of nitrogens with one attached hydrogen (secondary N) is 2. The Morgan fingerprint density at radius 3 is 2.35 bits per heavy atom. The van der Waals surface area contributed by atoms with Gasteiger partial charge in [0.15, 0.2) is 0 Å². The third kappa shape index (κ3) is 3.15. The van der Waals surface area contributed by atoms with Gasteiger partial charge >= 0.3 is 0 Å². The van der Waals surface area contributed by atoms with Crippen LogP contribution in [0, 0.1) is 10.1 Å². The molecule has 17 heavy (non-hydrogen) atoms. The molecule has 0 aromatic heterocycles. The second kappa shape index (κ2) is 5.80. The van der Waals surface area contributed by atoms with Gasteiger partial charge in [-0.25, -0.2) is 0 Å². The average molecular weight is 258 g/mol. The Morgan fingerprint density at radius 1 is 1.29 bits per heavy atom. The molecule has 0 aliphatic carbocycles. The first-order valence-corrected chi connectivity index (χ1v) is 4.81. The number of rotatable bonds is 6. The minimum atomic E-state index is -0.996. The molecule has 0 heterocycles. The van der Waals surface area contributed by atoms with Crippen molar-refractivity contribution in [3.8, 4) is 0 Å². The summed E-state index contributed by atoms with van der Waals surface area (Å²) >= 11 is 5.71. The zero-order chi connectivity index (χ0) is 12.8. The van der Waals surface area contributed by atoms with Gasteiger partial charge in [0.25, 0.3) is 5.69 Å². The van der Waals surface area contributed by atoms with Crippen molar-refractivity contribution < 1.29 is 14.5 Å². The highest BCUT2D eigenvalue weighted by molar-refractivity contribution is 6.30. The van der Waals surface area contributed by atoms with Gasteiger partial charge in [-0.1, -0.05) is 11.6 Å². The second-order valence-electron chi connectivity index (χ2n) is 2.96. The summed E-state index contributed by atoms with van der Waals surface area (Å²) < 4.78 is 0. The SMILES string of the molecule is O=CNC(NC=O)c1cc(Cl)ccc1[N+](=O)[O-]. The lowest BCUT2D eigenvalue weighted by Gasteiger charge is -2.15. The normalized spacial score (nSPS) is 9.76. The molecule has 0 spiro atoms. The van der Waals surface area contributed by atoms with Crippen LogP contribution in [0.15, 0.2) is 18.2 Å². The van der Waals surface area contributed by atoms with E-state index in [1.165, 1.54) is 18.2 Å². The maximum atomic E-state index is 10.8. The van der Waals surface area contributed by atoms with Crippen molar-refractivity contribution in [1.82, 2.24) is 10.6 Å². The Labute approximate surface area is 101 Å². The van der Waals surface area contributed by atoms with E-state index in [1.54, 1.807) is 0 Å². The van der Waals surface area contributed by atoms with Gasteiger partial charge in [0, 0.05) is 11.1 Å². The van der Waals surface area contributed by atoms with Crippen LogP contribution >= 0.6 is 11.6 Å². The number of halogens is 1. The number of hydrogen-bond acceptors (Lipinski definition) is 4. The van der Waals surface area contributed by atoms with Gasteiger partial charge in [-0.15, -0.1) is 0 Å². The van der Waals surface area contributed by atoms with Gasteiger partial charge < -0.3 is 10.6 Å². The third-order valence-corrected chi connectivity index (χ3v) is 2.20. The fraction of sp³-hybridized carbons (Fsp3) is 0.111. The Hall–Kier alpha value is -2.15. The molecule has 0 saturated carbocycles. The summed E-state index contributed by atoms with van der Waals surface area (Å²) in [7, 11) is 0. The zero-order valence-corrected chi connectivity index (χ0v) is 9.18. The number of benzene rings is 1. The Balaban J connectivity index is 3.22. The number of hydrogen-bond donors (Lipinski definition) is 2. The van der Waals surface area contributed by atoms with E-state index in [4.69, 9.17) is 11.6 Å². The highest BCUT2D eigenvalue weighted by Gasteiger charge is 2.21. The summed E-state index contributed by atoms with van der Waals surface area (Å²) in [6.45, 7) is 0. The smallest absolute Gasteiger partial charge is 0.276 e. The van der Waals surface area contributed by atoms with Gasteiger partial charge in [-0.2, -0.15) is 0 Å². The largest absolute Gasteiger partial charge is 0.334 e. The standard InChI is InChI=1S/C9H8ClN3O4/c10-6-1-2-8(13(16)17)7(3-6)9(11-4-14)12-5-15/h1-5,9H,(H,11,14)(H,12,15). The van der Waals surface area contributed by atoms with Gasteiger partial charge in [0.1, 0.15) is 6.17 Å². The molecule has 0 bridgehead atoms. The van der Waals surface area contributed by atoms with Crippen LogP contribution in [0.3, 0.4) is 0 Å². The Kier molecular flexibility index (Phi) is 4.41. The maximum absolute atomic E-state index is 10.8. The molecule has 2 amide bonds. The van der Waals surface area contributed by atoms with E-state index in [1.807, 2.05) is 0 Å². The molecule has 0 atom stereocenters. The van der Waals surface area contributed by atoms with Crippen molar-refractivity contribution in [3.63, 3.8) is 0 Å². The third-order valence-electron chi connectivity index (χ3n) is 1.97. The Morgan fingerprint density at radius 2 is 1.88 bits per heavy atom. The molecule has 0 saturated heterocycles. The molecule has 1 aromatic carbocycles. The molecule has 0 aliphatic rings. The quantitative estimate of drug-likeness (QED) is 0.340. The number of nitro benzene ring substituents is 1. The fourth-order valence-electron chi connectivity index (χ4n) is 1.29. The van der Waals surface area contributed by atoms with Crippen molar-refractivity contribution >= 4 is 30.1 Å². The van der Waals surface area contributed by atoms with Crippen LogP contribution in [0.1, 0.15) is 11.7 Å². The van der Waals surface area contributed by atoms with Crippen molar-refractivity contribution in [2.45, 2.75) is 6.17 Å². The van der Waals surface area contributed by atoms with Crippen LogP contribution in [0.5, 0.6) is 0 Å². The highest BCUT2D eigenvalue weighted by Crippen LogP contribution is 2.26. The number of amides is 2. The molecule has 90 valence electrons. The van der Waals surface area contributed by atoms with Crippen molar-refractivity contribution in [2.24, 2.45) is 0 Å². The molecule has 8 heteroatoms. The van der Waals surface area contributed by atoms with Gasteiger partial charge in [0.2, 0.25) is 12.8 Å². The molecular weight excluding hydrogens is 250 g/mol. The minimum absolute atomic E-state index is 0.0988. The van der Waals surface area contributed by atoms with Crippen molar-refractivity contribution in [3.05, 3.63) is 38.9 Å². The molecule has 1 aromatic rings. The summed E-state index contributed by atoms with van der Waals surface area (Å²) in [5, 5.41) is 15.5. The van der Waals surface area contributed by atoms with Gasteiger partial charge in [-0.05, 0) is 12.1 Å². The van der Waals surface area contributed by atoms with E-state index in [2.05, 4.69) is 10.6 Å². The average Bonchev–Trinajstić information content (AvgIpc) is 2.28. The predicted molar refractivity (Wildman–Crippen MR) is 59.2 cm³/mol. The monoisotopic (exact) mass is 257 g/mol. The first kappa shape index (κ1) is 12.9. The lowest BCUT2D eigenvalue weighted by molar-refractivity contribution is -0.385. The van der Waals surface area contributed by atoms with E-state index >= 15 is 0 Å². The molecule has 0 unspecified atom stereocenters. The van der Waals surface area contributed by atoms with Crippen LogP contribution in [-0.4, -0.2) is 17.7 Å². The second-order valence-corrected chi connectivity index (χ2v) is 3.40. The van der Waals surface area contributed by atoms with Gasteiger partial charge in [0.05, 0.1) is 10.5 Å². The number of carbonyl (C=O) groups excluding carboxylic acids is 2. The zero-order valence-electron chi connectivity index (χ0n) is 8.42. The van der Waals surface area contributed by atoms with Crippen LogP contribution in [0.2, 0.25) is 5.02 Å². The van der Waals surface area contributed by atoms with E-state index in [9.17, 15) is 19.7 Å². The predicted octanol–water partition coefficient (Wildman–Crippen LogP) is 0.739. The molecule has 0 aliphatic heterocycles.